The Balaban J connectivity index is 0.776. The quantitative estimate of drug-likeness (QED) is 0.157. The number of hydrogen-bond donors (Lipinski definition) is 0. The van der Waals surface area contributed by atoms with E-state index in [0.717, 1.165) is 45.3 Å². The summed E-state index contributed by atoms with van der Waals surface area (Å²) < 4.78 is 0. The van der Waals surface area contributed by atoms with Crippen molar-refractivity contribution >= 4 is 55.7 Å². The van der Waals surface area contributed by atoms with E-state index in [1.807, 2.05) is 0 Å². The third kappa shape index (κ3) is 6.24. The van der Waals surface area contributed by atoms with Crippen LogP contribution in [0, 0.1) is 0 Å². The highest BCUT2D eigenvalue weighted by atomic mass is 15.1. The standard InChI is InChI=1S/C82H52N2/c1-3-23-55(24-4-1)83(77-51-75-79(65-33-9-7-31-63(65)77)67-35-15-21-41-73(67)81(75)69-37-17-11-27-59(69)60-28-12-18-38-70(60)81)57-47-43-53(44-48-57)54-45-49-58(50-46-54)84(56-25-5-2-6-26-56)78-52-76-80(66-34-10-8-32-64(66)78)68-36-16-22-42-74(68)82(76)71-39-19-13-29-61(71)62-30-14-20-40-72(62)82/h1-52H. The van der Waals surface area contributed by atoms with Crippen molar-refractivity contribution in [1.82, 2.24) is 0 Å². The van der Waals surface area contributed by atoms with Gasteiger partial charge in [0.1, 0.15) is 0 Å². The molecule has 14 aromatic carbocycles. The van der Waals surface area contributed by atoms with Crippen LogP contribution in [0.3, 0.4) is 0 Å². The zero-order chi connectivity index (χ0) is 55.1. The fourth-order valence-corrected chi connectivity index (χ4v) is 15.8. The van der Waals surface area contributed by atoms with E-state index in [4.69, 9.17) is 0 Å². The maximum atomic E-state index is 2.53. The van der Waals surface area contributed by atoms with Crippen molar-refractivity contribution in [3.63, 3.8) is 0 Å². The maximum Gasteiger partial charge on any atom is 0.0726 e. The van der Waals surface area contributed by atoms with Crippen molar-refractivity contribution in [1.29, 1.82) is 0 Å². The normalized spacial score (nSPS) is 13.7. The van der Waals surface area contributed by atoms with Gasteiger partial charge in [0.15, 0.2) is 0 Å². The number of hydrogen-bond acceptors (Lipinski definition) is 2. The lowest BCUT2D eigenvalue weighted by atomic mass is 9.70. The molecule has 4 aliphatic rings. The summed E-state index contributed by atoms with van der Waals surface area (Å²) in [6, 6.07) is 118. The second-order valence-corrected chi connectivity index (χ2v) is 22.9. The summed E-state index contributed by atoms with van der Waals surface area (Å²) in [4.78, 5) is 4.95. The molecule has 0 aliphatic heterocycles. The topological polar surface area (TPSA) is 6.48 Å². The number of para-hydroxylation sites is 2. The summed E-state index contributed by atoms with van der Waals surface area (Å²) >= 11 is 0. The third-order valence-corrected chi connectivity index (χ3v) is 19.1. The minimum absolute atomic E-state index is 0.484. The zero-order valence-corrected chi connectivity index (χ0v) is 45.9. The smallest absolute Gasteiger partial charge is 0.0726 e. The van der Waals surface area contributed by atoms with Crippen molar-refractivity contribution in [3.8, 4) is 55.6 Å². The summed E-state index contributed by atoms with van der Waals surface area (Å²) in [5.74, 6) is 0. The van der Waals surface area contributed by atoms with Gasteiger partial charge in [-0.25, -0.2) is 0 Å². The second kappa shape index (κ2) is 17.8. The summed E-state index contributed by atoms with van der Waals surface area (Å²) in [6.45, 7) is 0. The first-order valence-electron chi connectivity index (χ1n) is 29.3. The molecule has 0 heterocycles. The molecule has 4 aliphatic carbocycles. The van der Waals surface area contributed by atoms with E-state index in [0.29, 0.717) is 0 Å². The number of benzene rings is 14. The van der Waals surface area contributed by atoms with E-state index in [9.17, 15) is 0 Å². The van der Waals surface area contributed by atoms with Gasteiger partial charge in [0.25, 0.3) is 0 Å². The average Bonchev–Trinajstić information content (AvgIpc) is 1.78. The molecule has 14 aromatic rings. The van der Waals surface area contributed by atoms with Gasteiger partial charge >= 0.3 is 0 Å². The number of anilines is 6. The number of rotatable bonds is 7. The van der Waals surface area contributed by atoms with E-state index in [1.54, 1.807) is 0 Å². The van der Waals surface area contributed by atoms with Gasteiger partial charge < -0.3 is 9.80 Å². The monoisotopic (exact) mass is 1060 g/mol. The Morgan fingerprint density at radius 3 is 0.774 bits per heavy atom. The Kier molecular flexibility index (Phi) is 9.97. The first-order chi connectivity index (χ1) is 41.7. The predicted molar refractivity (Wildman–Crippen MR) is 349 cm³/mol. The summed E-state index contributed by atoms with van der Waals surface area (Å²) in [5, 5.41) is 4.93. The molecular weight excluding hydrogens is 1010 g/mol. The highest BCUT2D eigenvalue weighted by Gasteiger charge is 2.54. The molecule has 390 valence electrons. The molecule has 2 nitrogen and oxygen atoms in total. The molecule has 0 fully saturated rings. The Morgan fingerprint density at radius 2 is 0.440 bits per heavy atom. The van der Waals surface area contributed by atoms with Crippen LogP contribution in [-0.4, -0.2) is 0 Å². The van der Waals surface area contributed by atoms with Crippen LogP contribution in [-0.2, 0) is 10.8 Å². The van der Waals surface area contributed by atoms with Crippen molar-refractivity contribution < 1.29 is 0 Å². The van der Waals surface area contributed by atoms with Crippen LogP contribution in [0.5, 0.6) is 0 Å². The van der Waals surface area contributed by atoms with Crippen LogP contribution in [0.2, 0.25) is 0 Å². The molecule has 2 heteroatoms. The second-order valence-electron chi connectivity index (χ2n) is 22.9. The first kappa shape index (κ1) is 46.9. The van der Waals surface area contributed by atoms with E-state index >= 15 is 0 Å². The van der Waals surface area contributed by atoms with Gasteiger partial charge in [0, 0.05) is 33.5 Å². The molecule has 0 saturated heterocycles. The molecule has 18 rings (SSSR count). The molecule has 0 amide bonds. The van der Waals surface area contributed by atoms with Gasteiger partial charge in [-0.1, -0.05) is 255 Å². The summed E-state index contributed by atoms with van der Waals surface area (Å²) in [5.41, 5.74) is 29.2. The molecule has 0 radical (unpaired) electrons. The van der Waals surface area contributed by atoms with E-state index in [-0.39, 0.29) is 0 Å². The van der Waals surface area contributed by atoms with Gasteiger partial charge in [-0.3, -0.25) is 0 Å². The number of nitrogens with zero attached hydrogens (tertiary/aromatic N) is 2. The van der Waals surface area contributed by atoms with Gasteiger partial charge in [-0.2, -0.15) is 0 Å². The van der Waals surface area contributed by atoms with Crippen molar-refractivity contribution in [3.05, 3.63) is 360 Å². The Labute approximate surface area is 489 Å². The lowest BCUT2D eigenvalue weighted by molar-refractivity contribution is 0.794. The Morgan fingerprint density at radius 1 is 0.190 bits per heavy atom. The van der Waals surface area contributed by atoms with Crippen LogP contribution in [0.1, 0.15) is 44.5 Å². The SMILES string of the molecule is c1ccc(N(c2ccc(-c3ccc(N(c4ccccc4)c4cc5c(c6ccccc46)-c4ccccc4C54c5ccccc5-c5ccccc54)cc3)cc2)c2cc3c(c4ccccc24)-c2ccccc2C32c3ccccc3-c3ccccc32)cc1. The van der Waals surface area contributed by atoms with Gasteiger partial charge in [-0.05, 0) is 172 Å². The summed E-state index contributed by atoms with van der Waals surface area (Å²) in [6.07, 6.45) is 0. The van der Waals surface area contributed by atoms with Crippen molar-refractivity contribution in [2.24, 2.45) is 0 Å². The zero-order valence-electron chi connectivity index (χ0n) is 45.9. The molecule has 0 bridgehead atoms. The van der Waals surface area contributed by atoms with Gasteiger partial charge in [-0.15, -0.1) is 0 Å². The van der Waals surface area contributed by atoms with E-state index in [2.05, 4.69) is 325 Å². The predicted octanol–water partition coefficient (Wildman–Crippen LogP) is 21.3. The summed E-state index contributed by atoms with van der Waals surface area (Å²) in [7, 11) is 0. The molecule has 2 spiro atoms. The van der Waals surface area contributed by atoms with Crippen molar-refractivity contribution in [2.45, 2.75) is 10.8 Å². The minimum Gasteiger partial charge on any atom is -0.310 e. The van der Waals surface area contributed by atoms with Crippen LogP contribution in [0.4, 0.5) is 34.1 Å². The molecule has 0 atom stereocenters. The average molecular weight is 1070 g/mol. The molecule has 0 N–H and O–H groups in total. The first-order valence-corrected chi connectivity index (χ1v) is 29.3. The van der Waals surface area contributed by atoms with Crippen LogP contribution >= 0.6 is 0 Å². The molecule has 0 unspecified atom stereocenters. The highest BCUT2D eigenvalue weighted by Crippen LogP contribution is 2.67. The molecule has 84 heavy (non-hydrogen) atoms. The van der Waals surface area contributed by atoms with E-state index < -0.39 is 10.8 Å². The molecule has 0 aromatic heterocycles. The fraction of sp³-hybridized carbons (Fsp3) is 0.0244. The van der Waals surface area contributed by atoms with Crippen molar-refractivity contribution in [2.75, 3.05) is 9.80 Å². The molecule has 0 saturated carbocycles. The van der Waals surface area contributed by atoms with E-state index in [1.165, 1.54) is 111 Å². The highest BCUT2D eigenvalue weighted by molar-refractivity contribution is 6.14. The lowest BCUT2D eigenvalue weighted by Crippen LogP contribution is -2.26. The van der Waals surface area contributed by atoms with Crippen LogP contribution in [0.25, 0.3) is 77.2 Å². The van der Waals surface area contributed by atoms with Gasteiger partial charge in [0.05, 0.1) is 22.2 Å². The Hall–Kier alpha value is -10.8. The molecular formula is C82H52N2. The fourth-order valence-electron chi connectivity index (χ4n) is 15.8. The minimum atomic E-state index is -0.484. The van der Waals surface area contributed by atoms with Gasteiger partial charge in [0.2, 0.25) is 0 Å². The largest absolute Gasteiger partial charge is 0.310 e. The number of fused-ring (bicyclic) bond motifs is 24. The Bertz CT molecular complexity index is 4610. The van der Waals surface area contributed by atoms with Crippen LogP contribution in [0.15, 0.2) is 315 Å². The lowest BCUT2D eigenvalue weighted by Gasteiger charge is -2.33. The third-order valence-electron chi connectivity index (χ3n) is 19.1. The van der Waals surface area contributed by atoms with Crippen LogP contribution < -0.4 is 9.80 Å². The maximum absolute atomic E-state index is 2.53.